The van der Waals surface area contributed by atoms with Gasteiger partial charge in [-0.25, -0.2) is 0 Å². The van der Waals surface area contributed by atoms with E-state index in [4.69, 9.17) is 4.74 Å². The molecule has 5 heteroatoms. The van der Waals surface area contributed by atoms with Crippen molar-refractivity contribution in [3.8, 4) is 0 Å². The Kier molecular flexibility index (Phi) is 4.35. The van der Waals surface area contributed by atoms with Crippen LogP contribution in [0, 0.1) is 0 Å². The molecule has 2 aliphatic heterocycles. The maximum Gasteiger partial charge on any atom is 0.234 e. The molecule has 0 aromatic rings. The van der Waals surface area contributed by atoms with Gasteiger partial charge < -0.3 is 10.1 Å². The molecule has 0 atom stereocenters. The van der Waals surface area contributed by atoms with Crippen molar-refractivity contribution in [3.05, 3.63) is 0 Å². The zero-order valence-corrected chi connectivity index (χ0v) is 11.6. The summed E-state index contributed by atoms with van der Waals surface area (Å²) in [7, 11) is 0. The zero-order chi connectivity index (χ0) is 13.1. The maximum atomic E-state index is 11.8. The highest BCUT2D eigenvalue weighted by Gasteiger charge is 2.28. The highest BCUT2D eigenvalue weighted by Crippen LogP contribution is 2.19. The molecular weight excluding hydrogens is 242 g/mol. The molecule has 0 unspecified atom stereocenters. The van der Waals surface area contributed by atoms with Crippen LogP contribution in [0.3, 0.4) is 0 Å². The Morgan fingerprint density at radius 1 is 1.05 bits per heavy atom. The van der Waals surface area contributed by atoms with Gasteiger partial charge in [-0.05, 0) is 25.7 Å². The van der Waals surface area contributed by atoms with Gasteiger partial charge in [0.25, 0.3) is 0 Å². The summed E-state index contributed by atoms with van der Waals surface area (Å²) in [5, 5.41) is 3.07. The summed E-state index contributed by atoms with van der Waals surface area (Å²) >= 11 is 0. The van der Waals surface area contributed by atoms with Crippen LogP contribution in [0.5, 0.6) is 0 Å². The summed E-state index contributed by atoms with van der Waals surface area (Å²) in [6.45, 7) is 6.61. The van der Waals surface area contributed by atoms with Crippen LogP contribution < -0.4 is 5.32 Å². The minimum Gasteiger partial charge on any atom is -0.379 e. The number of amides is 1. The second kappa shape index (κ2) is 6.20. The van der Waals surface area contributed by atoms with Crippen LogP contribution in [-0.2, 0) is 9.53 Å². The molecule has 0 aromatic heterocycles. The van der Waals surface area contributed by atoms with Crippen molar-refractivity contribution < 1.29 is 9.53 Å². The first-order valence-electron chi connectivity index (χ1n) is 7.65. The van der Waals surface area contributed by atoms with Crippen LogP contribution in [0.4, 0.5) is 0 Å². The van der Waals surface area contributed by atoms with Crippen LogP contribution in [0.15, 0.2) is 0 Å². The number of rotatable bonds is 4. The van der Waals surface area contributed by atoms with Gasteiger partial charge in [0.1, 0.15) is 0 Å². The van der Waals surface area contributed by atoms with Gasteiger partial charge in [-0.3, -0.25) is 14.6 Å². The minimum absolute atomic E-state index is 0.215. The molecule has 2 saturated heterocycles. The number of ether oxygens (including phenoxy) is 1. The molecule has 1 amide bonds. The Morgan fingerprint density at radius 2 is 1.74 bits per heavy atom. The smallest absolute Gasteiger partial charge is 0.234 e. The molecule has 5 nitrogen and oxygen atoms in total. The lowest BCUT2D eigenvalue weighted by atomic mass is 10.0. The Labute approximate surface area is 115 Å². The van der Waals surface area contributed by atoms with Crippen molar-refractivity contribution in [1.82, 2.24) is 15.1 Å². The highest BCUT2D eigenvalue weighted by molar-refractivity contribution is 5.78. The second-order valence-electron chi connectivity index (χ2n) is 6.00. The molecule has 1 saturated carbocycles. The lowest BCUT2D eigenvalue weighted by Crippen LogP contribution is -2.50. The highest BCUT2D eigenvalue weighted by atomic mass is 16.5. The van der Waals surface area contributed by atoms with Crippen molar-refractivity contribution >= 4 is 5.91 Å². The SMILES string of the molecule is O=C(CN1CCC(N2CCOCC2)CC1)NC1CC1. The number of nitrogens with zero attached hydrogens (tertiary/aromatic N) is 2. The Bertz CT molecular complexity index is 306. The predicted molar refractivity (Wildman–Crippen MR) is 73.0 cm³/mol. The van der Waals surface area contributed by atoms with Gasteiger partial charge in [0, 0.05) is 38.3 Å². The standard InChI is InChI=1S/C14H25N3O2/c18-14(15-12-1-2-12)11-16-5-3-13(4-6-16)17-7-9-19-10-8-17/h12-13H,1-11H2,(H,15,18). The molecule has 0 aromatic carbocycles. The molecule has 19 heavy (non-hydrogen) atoms. The van der Waals surface area contributed by atoms with Gasteiger partial charge >= 0.3 is 0 Å². The van der Waals surface area contributed by atoms with E-state index < -0.39 is 0 Å². The first kappa shape index (κ1) is 13.3. The molecule has 0 spiro atoms. The fraction of sp³-hybridized carbons (Fsp3) is 0.929. The van der Waals surface area contributed by atoms with Gasteiger partial charge in [-0.1, -0.05) is 0 Å². The third-order valence-corrected chi connectivity index (χ3v) is 4.43. The molecule has 0 bridgehead atoms. The molecule has 1 N–H and O–H groups in total. The number of likely N-dealkylation sites (tertiary alicyclic amines) is 1. The number of carbonyl (C=O) groups excluding carboxylic acids is 1. The van der Waals surface area contributed by atoms with Crippen molar-refractivity contribution in [2.45, 2.75) is 37.8 Å². The van der Waals surface area contributed by atoms with Gasteiger partial charge in [-0.2, -0.15) is 0 Å². The fourth-order valence-corrected chi connectivity index (χ4v) is 3.09. The average molecular weight is 267 g/mol. The monoisotopic (exact) mass is 267 g/mol. The van der Waals surface area contributed by atoms with Crippen LogP contribution in [0.2, 0.25) is 0 Å². The number of hydrogen-bond donors (Lipinski definition) is 1. The molecule has 0 radical (unpaired) electrons. The summed E-state index contributed by atoms with van der Waals surface area (Å²) in [6, 6.07) is 1.19. The van der Waals surface area contributed by atoms with Gasteiger partial charge in [0.05, 0.1) is 19.8 Å². The molecule has 3 rings (SSSR count). The molecule has 3 fully saturated rings. The minimum atomic E-state index is 0.215. The van der Waals surface area contributed by atoms with E-state index in [0.717, 1.165) is 39.4 Å². The molecular formula is C14H25N3O2. The largest absolute Gasteiger partial charge is 0.379 e. The van der Waals surface area contributed by atoms with Crippen molar-refractivity contribution in [1.29, 1.82) is 0 Å². The Balaban J connectivity index is 1.37. The predicted octanol–water partition coefficient (Wildman–Crippen LogP) is 0.0616. The fourth-order valence-electron chi connectivity index (χ4n) is 3.09. The topological polar surface area (TPSA) is 44.8 Å². The van der Waals surface area contributed by atoms with Crippen molar-refractivity contribution in [3.63, 3.8) is 0 Å². The van der Waals surface area contributed by atoms with Crippen molar-refractivity contribution in [2.75, 3.05) is 45.9 Å². The Morgan fingerprint density at radius 3 is 2.37 bits per heavy atom. The molecule has 108 valence electrons. The lowest BCUT2D eigenvalue weighted by Gasteiger charge is -2.39. The summed E-state index contributed by atoms with van der Waals surface area (Å²) in [6.07, 6.45) is 4.73. The van der Waals surface area contributed by atoms with Gasteiger partial charge in [0.2, 0.25) is 5.91 Å². The maximum absolute atomic E-state index is 11.8. The third-order valence-electron chi connectivity index (χ3n) is 4.43. The first-order valence-corrected chi connectivity index (χ1v) is 7.65. The second-order valence-corrected chi connectivity index (χ2v) is 6.00. The molecule has 3 aliphatic rings. The summed E-state index contributed by atoms with van der Waals surface area (Å²) in [4.78, 5) is 16.6. The third kappa shape index (κ3) is 3.91. The molecule has 2 heterocycles. The first-order chi connectivity index (χ1) is 9.31. The number of hydrogen-bond acceptors (Lipinski definition) is 4. The van der Waals surface area contributed by atoms with Crippen LogP contribution in [-0.4, -0.2) is 73.7 Å². The van der Waals surface area contributed by atoms with Gasteiger partial charge in [-0.15, -0.1) is 0 Å². The Hall–Kier alpha value is -0.650. The van der Waals surface area contributed by atoms with Crippen molar-refractivity contribution in [2.24, 2.45) is 0 Å². The summed E-state index contributed by atoms with van der Waals surface area (Å²) in [5.41, 5.74) is 0. The summed E-state index contributed by atoms with van der Waals surface area (Å²) < 4.78 is 5.40. The van der Waals surface area contributed by atoms with E-state index in [1.54, 1.807) is 0 Å². The number of nitrogens with one attached hydrogen (secondary N) is 1. The van der Waals surface area contributed by atoms with Crippen LogP contribution in [0.25, 0.3) is 0 Å². The number of carbonyl (C=O) groups is 1. The quantitative estimate of drug-likeness (QED) is 0.782. The van der Waals surface area contributed by atoms with E-state index in [9.17, 15) is 4.79 Å². The van der Waals surface area contributed by atoms with E-state index >= 15 is 0 Å². The number of piperidine rings is 1. The van der Waals surface area contributed by atoms with E-state index in [-0.39, 0.29) is 5.91 Å². The number of morpholine rings is 1. The van der Waals surface area contributed by atoms with Gasteiger partial charge in [0.15, 0.2) is 0 Å². The van der Waals surface area contributed by atoms with Crippen LogP contribution >= 0.6 is 0 Å². The van der Waals surface area contributed by atoms with Crippen LogP contribution in [0.1, 0.15) is 25.7 Å². The van der Waals surface area contributed by atoms with E-state index in [2.05, 4.69) is 15.1 Å². The zero-order valence-electron chi connectivity index (χ0n) is 11.6. The normalized spacial score (nSPS) is 27.4. The van der Waals surface area contributed by atoms with E-state index in [1.165, 1.54) is 25.7 Å². The summed E-state index contributed by atoms with van der Waals surface area (Å²) in [5.74, 6) is 0.215. The van der Waals surface area contributed by atoms with E-state index in [1.807, 2.05) is 0 Å². The molecule has 1 aliphatic carbocycles. The van der Waals surface area contributed by atoms with E-state index in [0.29, 0.717) is 18.6 Å². The average Bonchev–Trinajstić information content (AvgIpc) is 3.24. The lowest BCUT2D eigenvalue weighted by molar-refractivity contribution is -0.122.